The molecule has 0 bridgehead atoms. The molecule has 1 saturated heterocycles. The largest absolute Gasteiger partial charge is 0.421 e. The number of carbonyl (C=O) groups is 2. The van der Waals surface area contributed by atoms with E-state index in [9.17, 15) is 18.4 Å². The number of rotatable bonds is 5. The van der Waals surface area contributed by atoms with Gasteiger partial charge in [-0.3, -0.25) is 10.1 Å². The molecule has 1 saturated carbocycles. The topological polar surface area (TPSA) is 123 Å². The number of anilines is 1. The van der Waals surface area contributed by atoms with E-state index in [-0.39, 0.29) is 29.1 Å². The standard InChI is InChI=1S/C18H13F2N7O3/c19-9-1-4-13(11(20)6-9)30-18-24-14-8(5-12-15(28)25-17(29)23-12)7-21-27(14)16(26-18)22-10-2-3-10/h1,4-7,10H,2-3H2,(H,22,24,26)(H2,23,25,28,29)/b12-5-. The van der Waals surface area contributed by atoms with E-state index < -0.39 is 23.6 Å². The fourth-order valence-electron chi connectivity index (χ4n) is 2.82. The molecule has 1 aromatic carbocycles. The van der Waals surface area contributed by atoms with Crippen molar-refractivity contribution in [2.75, 3.05) is 5.32 Å². The number of nitrogens with zero attached hydrogens (tertiary/aromatic N) is 4. The van der Waals surface area contributed by atoms with E-state index in [1.807, 2.05) is 0 Å². The molecular formula is C18H13F2N7O3. The van der Waals surface area contributed by atoms with E-state index in [2.05, 4.69) is 31.0 Å². The predicted octanol–water partition coefficient (Wildman–Crippen LogP) is 1.95. The van der Waals surface area contributed by atoms with Crippen molar-refractivity contribution in [1.82, 2.24) is 30.2 Å². The number of amides is 3. The molecule has 0 atom stereocenters. The van der Waals surface area contributed by atoms with Gasteiger partial charge >= 0.3 is 12.0 Å². The van der Waals surface area contributed by atoms with Crippen molar-refractivity contribution in [3.63, 3.8) is 0 Å². The van der Waals surface area contributed by atoms with Crippen LogP contribution in [0, 0.1) is 11.6 Å². The fraction of sp³-hybridized carbons (Fsp3) is 0.167. The van der Waals surface area contributed by atoms with Crippen LogP contribution in [-0.4, -0.2) is 37.6 Å². The average Bonchev–Trinajstić information content (AvgIpc) is 3.33. The zero-order valence-electron chi connectivity index (χ0n) is 15.1. The fourth-order valence-corrected chi connectivity index (χ4v) is 2.82. The van der Waals surface area contributed by atoms with Gasteiger partial charge in [0, 0.05) is 17.7 Å². The van der Waals surface area contributed by atoms with Crippen LogP contribution in [0.25, 0.3) is 11.7 Å². The van der Waals surface area contributed by atoms with Crippen molar-refractivity contribution in [1.29, 1.82) is 0 Å². The first-order valence-corrected chi connectivity index (χ1v) is 8.95. The van der Waals surface area contributed by atoms with Gasteiger partial charge in [0.25, 0.3) is 5.91 Å². The van der Waals surface area contributed by atoms with Crippen LogP contribution in [0.2, 0.25) is 0 Å². The Morgan fingerprint density at radius 3 is 2.73 bits per heavy atom. The number of aromatic nitrogens is 4. The summed E-state index contributed by atoms with van der Waals surface area (Å²) in [5.41, 5.74) is 0.678. The number of imide groups is 1. The first-order valence-electron chi connectivity index (χ1n) is 8.95. The SMILES string of the molecule is O=C1NC(=O)/C(=C/c2cnn3c(NC4CC4)nc(Oc4ccc(F)cc4F)nc23)N1. The van der Waals surface area contributed by atoms with Gasteiger partial charge in [0.15, 0.2) is 17.2 Å². The molecule has 3 heterocycles. The van der Waals surface area contributed by atoms with Gasteiger partial charge < -0.3 is 15.4 Å². The van der Waals surface area contributed by atoms with Crippen molar-refractivity contribution in [2.24, 2.45) is 0 Å². The van der Waals surface area contributed by atoms with Crippen LogP contribution < -0.4 is 20.7 Å². The predicted molar refractivity (Wildman–Crippen MR) is 98.5 cm³/mol. The number of hydrogen-bond donors (Lipinski definition) is 3. The van der Waals surface area contributed by atoms with E-state index in [0.717, 1.165) is 25.0 Å². The molecule has 3 aromatic rings. The lowest BCUT2D eigenvalue weighted by Gasteiger charge is -2.10. The highest BCUT2D eigenvalue weighted by Gasteiger charge is 2.26. The number of fused-ring (bicyclic) bond motifs is 1. The quantitative estimate of drug-likeness (QED) is 0.432. The highest BCUT2D eigenvalue weighted by Crippen LogP contribution is 2.28. The number of nitrogens with one attached hydrogen (secondary N) is 3. The van der Waals surface area contributed by atoms with E-state index in [4.69, 9.17) is 4.74 Å². The Hall–Kier alpha value is -4.09. The van der Waals surface area contributed by atoms with Crippen molar-refractivity contribution in [3.05, 3.63) is 47.3 Å². The van der Waals surface area contributed by atoms with E-state index >= 15 is 0 Å². The molecule has 0 radical (unpaired) electrons. The Morgan fingerprint density at radius 1 is 1.20 bits per heavy atom. The van der Waals surface area contributed by atoms with Gasteiger partial charge in [-0.15, -0.1) is 0 Å². The molecule has 3 N–H and O–H groups in total. The van der Waals surface area contributed by atoms with Gasteiger partial charge in [-0.2, -0.15) is 19.6 Å². The van der Waals surface area contributed by atoms with Crippen LogP contribution in [-0.2, 0) is 4.79 Å². The first-order chi connectivity index (χ1) is 14.5. The van der Waals surface area contributed by atoms with E-state index in [1.165, 1.54) is 16.8 Å². The zero-order chi connectivity index (χ0) is 20.8. The van der Waals surface area contributed by atoms with Crippen LogP contribution in [0.3, 0.4) is 0 Å². The minimum atomic E-state index is -0.906. The minimum Gasteiger partial charge on any atom is -0.421 e. The summed E-state index contributed by atoms with van der Waals surface area (Å²) >= 11 is 0. The molecule has 30 heavy (non-hydrogen) atoms. The molecule has 12 heteroatoms. The van der Waals surface area contributed by atoms with Gasteiger partial charge in [-0.05, 0) is 31.1 Å². The van der Waals surface area contributed by atoms with Crippen molar-refractivity contribution < 1.29 is 23.1 Å². The lowest BCUT2D eigenvalue weighted by molar-refractivity contribution is -0.115. The third kappa shape index (κ3) is 3.38. The van der Waals surface area contributed by atoms with Crippen LogP contribution in [0.1, 0.15) is 18.4 Å². The van der Waals surface area contributed by atoms with E-state index in [0.29, 0.717) is 17.6 Å². The first kappa shape index (κ1) is 18.0. The Bertz CT molecular complexity index is 1240. The summed E-state index contributed by atoms with van der Waals surface area (Å²) in [6, 6.07) is 2.25. The number of urea groups is 1. The molecule has 2 aromatic heterocycles. The highest BCUT2D eigenvalue weighted by molar-refractivity contribution is 6.14. The molecule has 0 spiro atoms. The summed E-state index contributed by atoms with van der Waals surface area (Å²) in [4.78, 5) is 31.6. The second kappa shape index (κ2) is 6.76. The molecule has 10 nitrogen and oxygen atoms in total. The van der Waals surface area contributed by atoms with Crippen molar-refractivity contribution in [2.45, 2.75) is 18.9 Å². The molecule has 2 aliphatic rings. The van der Waals surface area contributed by atoms with Crippen molar-refractivity contribution >= 4 is 29.6 Å². The second-order valence-electron chi connectivity index (χ2n) is 6.73. The summed E-state index contributed by atoms with van der Waals surface area (Å²) < 4.78 is 34.0. The summed E-state index contributed by atoms with van der Waals surface area (Å²) in [6.45, 7) is 0. The molecule has 5 rings (SSSR count). The smallest absolute Gasteiger partial charge is 0.327 e. The highest BCUT2D eigenvalue weighted by atomic mass is 19.1. The van der Waals surface area contributed by atoms with Gasteiger partial charge in [0.1, 0.15) is 11.5 Å². The number of benzene rings is 1. The van der Waals surface area contributed by atoms with Crippen molar-refractivity contribution in [3.8, 4) is 11.8 Å². The van der Waals surface area contributed by atoms with Gasteiger partial charge in [-0.25, -0.2) is 13.6 Å². The number of carbonyl (C=O) groups excluding carboxylic acids is 2. The average molecular weight is 413 g/mol. The van der Waals surface area contributed by atoms with Crippen LogP contribution in [0.15, 0.2) is 30.1 Å². The Kier molecular flexibility index (Phi) is 4.05. The van der Waals surface area contributed by atoms with Gasteiger partial charge in [0.2, 0.25) is 5.95 Å². The second-order valence-corrected chi connectivity index (χ2v) is 6.73. The van der Waals surface area contributed by atoms with Crippen LogP contribution in [0.4, 0.5) is 19.5 Å². The third-order valence-electron chi connectivity index (χ3n) is 4.40. The summed E-state index contributed by atoms with van der Waals surface area (Å²) in [5, 5.41) is 11.9. The Morgan fingerprint density at radius 2 is 2.03 bits per heavy atom. The summed E-state index contributed by atoms with van der Waals surface area (Å²) in [7, 11) is 0. The Balaban J connectivity index is 1.58. The molecule has 0 unspecified atom stereocenters. The number of ether oxygens (including phenoxy) is 1. The third-order valence-corrected chi connectivity index (χ3v) is 4.40. The lowest BCUT2D eigenvalue weighted by Crippen LogP contribution is -2.22. The van der Waals surface area contributed by atoms with Gasteiger partial charge in [-0.1, -0.05) is 0 Å². The molecule has 1 aliphatic carbocycles. The molecule has 2 fully saturated rings. The molecule has 1 aliphatic heterocycles. The van der Waals surface area contributed by atoms with Crippen LogP contribution in [0.5, 0.6) is 11.8 Å². The van der Waals surface area contributed by atoms with E-state index in [1.54, 1.807) is 0 Å². The summed E-state index contributed by atoms with van der Waals surface area (Å²) in [5.74, 6) is -2.18. The monoisotopic (exact) mass is 413 g/mol. The minimum absolute atomic E-state index is 0.0252. The normalized spacial score (nSPS) is 17.3. The number of halogens is 2. The maximum absolute atomic E-state index is 14.0. The maximum atomic E-state index is 14.0. The van der Waals surface area contributed by atoms with Gasteiger partial charge in [0.05, 0.1) is 6.20 Å². The molecular weight excluding hydrogens is 400 g/mol. The Labute approximate surface area is 167 Å². The number of hydrogen-bond acceptors (Lipinski definition) is 7. The maximum Gasteiger partial charge on any atom is 0.327 e. The summed E-state index contributed by atoms with van der Waals surface area (Å²) in [6.07, 6.45) is 4.76. The lowest BCUT2D eigenvalue weighted by atomic mass is 10.2. The molecule has 152 valence electrons. The zero-order valence-corrected chi connectivity index (χ0v) is 15.1. The van der Waals surface area contributed by atoms with Crippen LogP contribution >= 0.6 is 0 Å². The molecule has 3 amide bonds.